The molecule has 0 radical (unpaired) electrons. The van der Waals surface area contributed by atoms with Crippen molar-refractivity contribution < 1.29 is 0 Å². The van der Waals surface area contributed by atoms with E-state index in [2.05, 4.69) is 39.1 Å². The van der Waals surface area contributed by atoms with Gasteiger partial charge in [0.05, 0.1) is 0 Å². The molecule has 2 heteroatoms. The molecule has 110 valence electrons. The van der Waals surface area contributed by atoms with Gasteiger partial charge in [-0.25, -0.2) is 0 Å². The van der Waals surface area contributed by atoms with Crippen LogP contribution in [-0.2, 0) is 0 Å². The van der Waals surface area contributed by atoms with Crippen molar-refractivity contribution in [2.45, 2.75) is 79.5 Å². The molecular weight excluding hydrogens is 355 g/mol. The Labute approximate surface area is 128 Å². The summed E-state index contributed by atoms with van der Waals surface area (Å²) in [6, 6.07) is 2.56. The van der Waals surface area contributed by atoms with Crippen LogP contribution in [-0.4, -0.2) is 18.4 Å². The molecule has 0 unspecified atom stereocenters. The molecule has 0 fully saturated rings. The van der Waals surface area contributed by atoms with Crippen LogP contribution in [0.15, 0.2) is 11.4 Å². The van der Waals surface area contributed by atoms with E-state index in [1.165, 1.54) is 43.4 Å². The van der Waals surface area contributed by atoms with Crippen molar-refractivity contribution in [3.05, 3.63) is 16.3 Å². The van der Waals surface area contributed by atoms with Crippen LogP contribution >= 0.6 is 11.3 Å². The summed E-state index contributed by atoms with van der Waals surface area (Å²) in [5.74, 6) is 0. The molecule has 0 bridgehead atoms. The van der Waals surface area contributed by atoms with Gasteiger partial charge in [-0.05, 0) is 0 Å². The summed E-state index contributed by atoms with van der Waals surface area (Å²) in [5.41, 5.74) is 0. The maximum absolute atomic E-state index is 2.56. The fourth-order valence-electron chi connectivity index (χ4n) is 3.08. The van der Waals surface area contributed by atoms with Crippen molar-refractivity contribution >= 4 is 33.3 Å². The molecule has 0 nitrogen and oxygen atoms in total. The average molecular weight is 387 g/mol. The molecule has 0 aliphatic heterocycles. The molecule has 1 aromatic heterocycles. The van der Waals surface area contributed by atoms with E-state index in [9.17, 15) is 0 Å². The molecule has 0 saturated carbocycles. The average Bonchev–Trinajstić information content (AvgIpc) is 2.85. The second-order valence-electron chi connectivity index (χ2n) is 6.04. The summed E-state index contributed by atoms with van der Waals surface area (Å²) in [6.07, 6.45) is 8.54. The third kappa shape index (κ3) is 5.41. The normalized spacial score (nSPS) is 12.0. The number of thiophene rings is 1. The number of hydrogen-bond acceptors (Lipinski definition) is 1. The molecule has 0 amide bonds. The van der Waals surface area contributed by atoms with Gasteiger partial charge in [-0.15, -0.1) is 0 Å². The Hall–Kier alpha value is 0.499. The summed E-state index contributed by atoms with van der Waals surface area (Å²) < 4.78 is 6.65. The number of hydrogen-bond donors (Lipinski definition) is 0. The summed E-state index contributed by atoms with van der Waals surface area (Å²) in [4.78, 5) is 1.53. The Kier molecular flexibility index (Phi) is 8.72. The van der Waals surface area contributed by atoms with Gasteiger partial charge in [0.1, 0.15) is 0 Å². The summed E-state index contributed by atoms with van der Waals surface area (Å²) in [6.45, 7) is 9.35. The van der Waals surface area contributed by atoms with E-state index >= 15 is 0 Å². The molecule has 0 spiro atoms. The van der Waals surface area contributed by atoms with Gasteiger partial charge in [-0.2, -0.15) is 0 Å². The van der Waals surface area contributed by atoms with Crippen LogP contribution in [0.25, 0.3) is 0 Å². The molecule has 0 aliphatic rings. The molecule has 0 atom stereocenters. The predicted molar refractivity (Wildman–Crippen MR) is 93.6 cm³/mol. The van der Waals surface area contributed by atoms with Crippen LogP contribution in [0.2, 0.25) is 13.3 Å². The van der Waals surface area contributed by atoms with E-state index < -0.39 is 18.4 Å². The molecule has 1 rings (SSSR count). The quantitative estimate of drug-likeness (QED) is 0.425. The maximum atomic E-state index is 2.56. The zero-order valence-electron chi connectivity index (χ0n) is 13.4. The van der Waals surface area contributed by atoms with Crippen LogP contribution < -0.4 is 3.58 Å². The molecule has 0 aliphatic carbocycles. The summed E-state index contributed by atoms with van der Waals surface area (Å²) in [7, 11) is 0. The first kappa shape index (κ1) is 17.5. The van der Waals surface area contributed by atoms with Gasteiger partial charge >= 0.3 is 129 Å². The van der Waals surface area contributed by atoms with Crippen LogP contribution in [0.3, 0.4) is 0 Å². The molecular formula is C17H32SSn. The number of aryl methyl sites for hydroxylation is 1. The van der Waals surface area contributed by atoms with Gasteiger partial charge in [0.15, 0.2) is 0 Å². The molecule has 19 heavy (non-hydrogen) atoms. The van der Waals surface area contributed by atoms with Gasteiger partial charge in [0.2, 0.25) is 0 Å². The minimum atomic E-state index is -2.06. The van der Waals surface area contributed by atoms with Gasteiger partial charge < -0.3 is 0 Å². The topological polar surface area (TPSA) is 0 Å². The minimum absolute atomic E-state index is 1.38. The summed E-state index contributed by atoms with van der Waals surface area (Å²) >= 11 is -0.0805. The fraction of sp³-hybridized carbons (Fsp3) is 0.765. The van der Waals surface area contributed by atoms with Crippen molar-refractivity contribution in [2.24, 2.45) is 0 Å². The number of rotatable bonds is 10. The zero-order chi connectivity index (χ0) is 14.1. The van der Waals surface area contributed by atoms with Crippen LogP contribution in [0.5, 0.6) is 0 Å². The standard InChI is InChI=1S/C5H5S.3C4H9.Sn/c1-5-3-2-4-6-5;3*1-3-4-2;/h3-4H,1H3;3*1,3-4H2,2H3;. The van der Waals surface area contributed by atoms with E-state index in [-0.39, 0.29) is 0 Å². The van der Waals surface area contributed by atoms with E-state index in [0.717, 1.165) is 0 Å². The fourth-order valence-corrected chi connectivity index (χ4v) is 21.8. The molecule has 1 aromatic rings. The SMILES string of the molecule is CCC[CH2][Sn]([CH2]CCC)([CH2]CCC)[c]1csc(C)c1. The Morgan fingerprint density at radius 3 is 1.68 bits per heavy atom. The third-order valence-electron chi connectivity index (χ3n) is 4.37. The first-order valence-corrected chi connectivity index (χ1v) is 16.6. The molecule has 1 heterocycles. The van der Waals surface area contributed by atoms with Crippen molar-refractivity contribution in [1.82, 2.24) is 0 Å². The van der Waals surface area contributed by atoms with Crippen LogP contribution in [0.4, 0.5) is 0 Å². The van der Waals surface area contributed by atoms with Crippen LogP contribution in [0, 0.1) is 6.92 Å². The number of unbranched alkanes of at least 4 members (excludes halogenated alkanes) is 3. The van der Waals surface area contributed by atoms with Crippen molar-refractivity contribution in [3.63, 3.8) is 0 Å². The Morgan fingerprint density at radius 2 is 1.37 bits per heavy atom. The first-order chi connectivity index (χ1) is 9.18. The van der Waals surface area contributed by atoms with E-state index in [0.29, 0.717) is 0 Å². The molecule has 0 N–H and O–H groups in total. The Morgan fingerprint density at radius 1 is 0.895 bits per heavy atom. The summed E-state index contributed by atoms with van der Waals surface area (Å²) in [5, 5.41) is 2.53. The van der Waals surface area contributed by atoms with Gasteiger partial charge in [-0.1, -0.05) is 0 Å². The second kappa shape index (κ2) is 9.44. The van der Waals surface area contributed by atoms with Crippen LogP contribution in [0.1, 0.15) is 64.2 Å². The predicted octanol–water partition coefficient (Wildman–Crippen LogP) is 6.11. The van der Waals surface area contributed by atoms with E-state index in [1.54, 1.807) is 13.3 Å². The van der Waals surface area contributed by atoms with Gasteiger partial charge in [0, 0.05) is 0 Å². The Bertz CT molecular complexity index is 321. The molecule has 0 aromatic carbocycles. The Balaban J connectivity index is 2.93. The van der Waals surface area contributed by atoms with Gasteiger partial charge in [-0.3, -0.25) is 0 Å². The van der Waals surface area contributed by atoms with Crippen molar-refractivity contribution in [3.8, 4) is 0 Å². The van der Waals surface area contributed by atoms with E-state index in [1.807, 2.05) is 14.9 Å². The van der Waals surface area contributed by atoms with Gasteiger partial charge in [0.25, 0.3) is 0 Å². The van der Waals surface area contributed by atoms with E-state index in [4.69, 9.17) is 0 Å². The third-order valence-corrected chi connectivity index (χ3v) is 21.4. The molecule has 0 saturated heterocycles. The zero-order valence-corrected chi connectivity index (χ0v) is 17.1. The monoisotopic (exact) mass is 388 g/mol. The van der Waals surface area contributed by atoms with Crippen molar-refractivity contribution in [2.75, 3.05) is 0 Å². The first-order valence-electron chi connectivity index (χ1n) is 8.24. The van der Waals surface area contributed by atoms with Crippen molar-refractivity contribution in [1.29, 1.82) is 0 Å². The second-order valence-corrected chi connectivity index (χ2v) is 20.4.